The van der Waals surface area contributed by atoms with Crippen molar-refractivity contribution in [3.05, 3.63) is 0 Å². The molecule has 0 spiro atoms. The molecular weight excluding hydrogens is 203 g/mol. The maximum absolute atomic E-state index is 9.99. The van der Waals surface area contributed by atoms with E-state index >= 15 is 0 Å². The van der Waals surface area contributed by atoms with E-state index in [1.807, 2.05) is 0 Å². The molecule has 0 aromatic heterocycles. The number of carbonyl (C=O) groups is 3. The topological polar surface area (TPSA) is 124 Å². The number of carboxylic acid groups (broad SMARTS) is 3. The monoisotopic (exact) mass is 209 g/mol. The fourth-order valence-electron chi connectivity index (χ4n) is 0.715. The zero-order valence-electron chi connectivity index (χ0n) is 9.52. The van der Waals surface area contributed by atoms with Crippen LogP contribution in [0, 0.1) is 0 Å². The number of carboxylic acids is 3. The summed E-state index contributed by atoms with van der Waals surface area (Å²) >= 11 is 0. The first kappa shape index (κ1) is 25.1. The molecule has 0 amide bonds. The average molecular weight is 209 g/mol. The minimum absolute atomic E-state index is 0. The van der Waals surface area contributed by atoms with Gasteiger partial charge in [0.2, 0.25) is 0 Å². The van der Waals surface area contributed by atoms with Crippen LogP contribution in [0.5, 0.6) is 0 Å². The van der Waals surface area contributed by atoms with Crippen LogP contribution < -0.4 is 71.9 Å². The van der Waals surface area contributed by atoms with Crippen LogP contribution in [-0.4, -0.2) is 42.4 Å². The average Bonchev–Trinajstić information content (AvgIpc) is 1.80. The molecule has 0 bridgehead atoms. The van der Waals surface area contributed by atoms with Crippen LogP contribution in [-0.2, 0) is 14.4 Å². The second-order valence-electron chi connectivity index (χ2n) is 2.26. The number of aliphatic carboxylic acids is 3. The van der Waals surface area contributed by atoms with E-state index in [4.69, 9.17) is 0 Å². The molecule has 7 nitrogen and oxygen atoms in total. The van der Waals surface area contributed by atoms with Crippen LogP contribution in [0.15, 0.2) is 0 Å². The zero-order chi connectivity index (χ0) is 10.4. The van der Waals surface area contributed by atoms with E-state index in [-0.39, 0.29) is 56.6 Å². The third-order valence-corrected chi connectivity index (χ3v) is 1.06. The van der Waals surface area contributed by atoms with E-state index in [0.29, 0.717) is 4.90 Å². The molecule has 0 N–H and O–H groups in total. The normalized spacial score (nSPS) is 8.06. The number of carbonyl (C=O) groups excluding carboxylic acids is 3. The Bertz CT molecular complexity index is 198. The van der Waals surface area contributed by atoms with Crippen LogP contribution in [0.25, 0.3) is 0 Å². The van der Waals surface area contributed by atoms with Gasteiger partial charge in [-0.05, 0) is 0 Å². The van der Waals surface area contributed by atoms with Crippen LogP contribution in [0.2, 0.25) is 0 Å². The van der Waals surface area contributed by atoms with E-state index in [0.717, 1.165) is 0 Å². The summed E-state index contributed by atoms with van der Waals surface area (Å²) in [5.41, 5.74) is 0. The molecule has 0 aliphatic heterocycles. The Balaban J connectivity index is -0.000000240. The van der Waals surface area contributed by atoms with Crippen LogP contribution in [0.1, 0.15) is 0 Å². The second kappa shape index (κ2) is 13.2. The summed E-state index contributed by atoms with van der Waals surface area (Å²) in [6.07, 6.45) is 0. The molecule has 0 aromatic rings. The number of nitrogens with zero attached hydrogens (tertiary/aromatic N) is 1. The maximum Gasteiger partial charge on any atom is 1.00 e. The summed E-state index contributed by atoms with van der Waals surface area (Å²) < 4.78 is 0. The molecule has 0 heterocycles. The van der Waals surface area contributed by atoms with Crippen LogP contribution in [0.3, 0.4) is 0 Å². The van der Waals surface area contributed by atoms with Crippen molar-refractivity contribution in [2.75, 3.05) is 19.6 Å². The Hall–Kier alpha value is 0.162. The number of hydrogen-bond acceptors (Lipinski definition) is 7. The molecule has 0 saturated carbocycles. The SMILES string of the molecule is O=C([O-])CN(CC(=O)[O-])CC(=O)[O-].[Li+].[Li+].[Li+]. The van der Waals surface area contributed by atoms with Crippen molar-refractivity contribution in [3.8, 4) is 0 Å². The Morgan fingerprint density at radius 2 is 0.875 bits per heavy atom. The molecular formula is C6H6Li3NO6. The van der Waals surface area contributed by atoms with Gasteiger partial charge >= 0.3 is 56.6 Å². The Kier molecular flexibility index (Phi) is 20.8. The van der Waals surface area contributed by atoms with Crippen molar-refractivity contribution in [3.63, 3.8) is 0 Å². The summed E-state index contributed by atoms with van der Waals surface area (Å²) in [4.78, 5) is 30.6. The first-order chi connectivity index (χ1) is 5.91. The van der Waals surface area contributed by atoms with Gasteiger partial charge in [0.25, 0.3) is 0 Å². The summed E-state index contributed by atoms with van der Waals surface area (Å²) in [5, 5.41) is 30.0. The third-order valence-electron chi connectivity index (χ3n) is 1.06. The van der Waals surface area contributed by atoms with Gasteiger partial charge in [-0.25, -0.2) is 0 Å². The van der Waals surface area contributed by atoms with Gasteiger partial charge in [0.1, 0.15) is 0 Å². The van der Waals surface area contributed by atoms with Crippen molar-refractivity contribution in [1.29, 1.82) is 0 Å². The van der Waals surface area contributed by atoms with E-state index in [1.54, 1.807) is 0 Å². The molecule has 16 heavy (non-hydrogen) atoms. The number of hydrogen-bond donors (Lipinski definition) is 0. The summed E-state index contributed by atoms with van der Waals surface area (Å²) in [5.74, 6) is -4.70. The zero-order valence-corrected chi connectivity index (χ0v) is 9.52. The molecule has 0 saturated heterocycles. The summed E-state index contributed by atoms with van der Waals surface area (Å²) in [6.45, 7) is -2.37. The molecule has 0 fully saturated rings. The summed E-state index contributed by atoms with van der Waals surface area (Å²) in [6, 6.07) is 0. The fraction of sp³-hybridized carbons (Fsp3) is 0.500. The quantitative estimate of drug-likeness (QED) is 0.397. The predicted octanol–water partition coefficient (Wildman–Crippen LogP) is -14.4. The standard InChI is InChI=1S/C6H9NO6.3Li/c8-4(9)1-7(2-5(10)11)3-6(12)13;;;/h1-3H2,(H,8,9)(H,10,11)(H,12,13);;;/q;3*+1/p-3. The maximum atomic E-state index is 9.99. The van der Waals surface area contributed by atoms with Gasteiger partial charge in [0.15, 0.2) is 0 Å². The molecule has 74 valence electrons. The minimum Gasteiger partial charge on any atom is -0.549 e. The van der Waals surface area contributed by atoms with Crippen molar-refractivity contribution in [1.82, 2.24) is 4.90 Å². The van der Waals surface area contributed by atoms with Crippen molar-refractivity contribution < 1.29 is 86.3 Å². The largest absolute Gasteiger partial charge is 1.00 e. The van der Waals surface area contributed by atoms with Crippen molar-refractivity contribution in [2.24, 2.45) is 0 Å². The molecule has 0 aliphatic carbocycles. The third kappa shape index (κ3) is 16.6. The number of rotatable bonds is 6. The molecule has 0 aromatic carbocycles. The molecule has 10 heteroatoms. The Morgan fingerprint density at radius 1 is 0.688 bits per heavy atom. The Labute approximate surface area is 128 Å². The molecule has 0 atom stereocenters. The fourth-order valence-corrected chi connectivity index (χ4v) is 0.715. The van der Waals surface area contributed by atoms with Gasteiger partial charge < -0.3 is 29.7 Å². The van der Waals surface area contributed by atoms with E-state index in [2.05, 4.69) is 0 Å². The van der Waals surface area contributed by atoms with E-state index in [9.17, 15) is 29.7 Å². The van der Waals surface area contributed by atoms with Gasteiger partial charge in [-0.15, -0.1) is 0 Å². The first-order valence-corrected chi connectivity index (χ1v) is 3.23. The van der Waals surface area contributed by atoms with Crippen molar-refractivity contribution in [2.45, 2.75) is 0 Å². The molecule has 0 radical (unpaired) electrons. The van der Waals surface area contributed by atoms with Gasteiger partial charge in [-0.3, -0.25) is 4.90 Å². The molecule has 0 rings (SSSR count). The predicted molar refractivity (Wildman–Crippen MR) is 31.5 cm³/mol. The van der Waals surface area contributed by atoms with Crippen LogP contribution >= 0.6 is 0 Å². The first-order valence-electron chi connectivity index (χ1n) is 3.23. The van der Waals surface area contributed by atoms with Gasteiger partial charge in [0.05, 0.1) is 17.9 Å². The Morgan fingerprint density at radius 3 is 1.00 bits per heavy atom. The smallest absolute Gasteiger partial charge is 0.549 e. The van der Waals surface area contributed by atoms with Crippen LogP contribution in [0.4, 0.5) is 0 Å². The summed E-state index contributed by atoms with van der Waals surface area (Å²) in [7, 11) is 0. The second-order valence-corrected chi connectivity index (χ2v) is 2.26. The van der Waals surface area contributed by atoms with Gasteiger partial charge in [-0.2, -0.15) is 0 Å². The van der Waals surface area contributed by atoms with E-state index in [1.165, 1.54) is 0 Å². The molecule has 0 unspecified atom stereocenters. The van der Waals surface area contributed by atoms with E-state index < -0.39 is 37.5 Å². The van der Waals surface area contributed by atoms with Gasteiger partial charge in [0, 0.05) is 19.6 Å². The molecule has 0 aliphatic rings. The van der Waals surface area contributed by atoms with Crippen molar-refractivity contribution >= 4 is 17.9 Å². The van der Waals surface area contributed by atoms with Gasteiger partial charge in [-0.1, -0.05) is 0 Å². The minimum atomic E-state index is -1.57.